The summed E-state index contributed by atoms with van der Waals surface area (Å²) in [5.74, 6) is 3.86. The van der Waals surface area contributed by atoms with Crippen molar-refractivity contribution in [2.24, 2.45) is 0 Å². The molecule has 0 aliphatic carbocycles. The predicted molar refractivity (Wildman–Crippen MR) is 145 cm³/mol. The molecule has 0 saturated heterocycles. The fourth-order valence-corrected chi connectivity index (χ4v) is 6.25. The SMILES string of the molecule is COc1cc(OC)c2c(c1)N(C(c1ccccc1)c1ccccc1)CC21COc2cc3c(cc21)OCCO3. The van der Waals surface area contributed by atoms with Crippen molar-refractivity contribution in [3.63, 3.8) is 0 Å². The Morgan fingerprint density at radius 3 is 2.03 bits per heavy atom. The lowest BCUT2D eigenvalue weighted by Crippen LogP contribution is -2.38. The highest BCUT2D eigenvalue weighted by Gasteiger charge is 2.54. The maximum atomic E-state index is 6.41. The van der Waals surface area contributed by atoms with E-state index >= 15 is 0 Å². The highest BCUT2D eigenvalue weighted by molar-refractivity contribution is 5.77. The van der Waals surface area contributed by atoms with Crippen molar-refractivity contribution in [1.82, 2.24) is 0 Å². The van der Waals surface area contributed by atoms with Crippen molar-refractivity contribution < 1.29 is 23.7 Å². The van der Waals surface area contributed by atoms with Crippen molar-refractivity contribution >= 4 is 5.69 Å². The minimum atomic E-state index is -0.458. The van der Waals surface area contributed by atoms with Gasteiger partial charge in [0.15, 0.2) is 11.5 Å². The summed E-state index contributed by atoms with van der Waals surface area (Å²) in [5.41, 5.74) is 5.24. The summed E-state index contributed by atoms with van der Waals surface area (Å²) in [5, 5.41) is 0. The smallest absolute Gasteiger partial charge is 0.165 e. The summed E-state index contributed by atoms with van der Waals surface area (Å²) < 4.78 is 30.0. The van der Waals surface area contributed by atoms with Crippen LogP contribution in [0.15, 0.2) is 84.9 Å². The van der Waals surface area contributed by atoms with Gasteiger partial charge < -0.3 is 28.6 Å². The van der Waals surface area contributed by atoms with Crippen LogP contribution in [0.4, 0.5) is 5.69 Å². The molecule has 0 amide bonds. The first kappa shape index (κ1) is 22.8. The van der Waals surface area contributed by atoms with E-state index in [0.717, 1.165) is 45.6 Å². The predicted octanol–water partition coefficient (Wildman–Crippen LogP) is 5.76. The zero-order valence-electron chi connectivity index (χ0n) is 21.5. The van der Waals surface area contributed by atoms with E-state index in [1.54, 1.807) is 14.2 Å². The van der Waals surface area contributed by atoms with Crippen LogP contribution in [0.25, 0.3) is 0 Å². The maximum Gasteiger partial charge on any atom is 0.165 e. The van der Waals surface area contributed by atoms with E-state index in [-0.39, 0.29) is 6.04 Å². The first-order chi connectivity index (χ1) is 18.7. The Balaban J connectivity index is 1.47. The van der Waals surface area contributed by atoms with Gasteiger partial charge in [0.25, 0.3) is 0 Å². The summed E-state index contributed by atoms with van der Waals surface area (Å²) in [4.78, 5) is 2.47. The van der Waals surface area contributed by atoms with Crippen LogP contribution in [0.1, 0.15) is 28.3 Å². The second-order valence-electron chi connectivity index (χ2n) is 9.94. The Hall–Kier alpha value is -4.32. The van der Waals surface area contributed by atoms with Crippen LogP contribution in [0.5, 0.6) is 28.7 Å². The number of nitrogens with zero attached hydrogens (tertiary/aromatic N) is 1. The molecule has 3 heterocycles. The van der Waals surface area contributed by atoms with Crippen molar-refractivity contribution in [3.05, 3.63) is 107 Å². The third-order valence-electron chi connectivity index (χ3n) is 7.92. The number of anilines is 1. The van der Waals surface area contributed by atoms with Gasteiger partial charge in [0.2, 0.25) is 0 Å². The highest BCUT2D eigenvalue weighted by Crippen LogP contribution is 2.59. The number of fused-ring (bicyclic) bond motifs is 5. The molecule has 1 atom stereocenters. The molecule has 1 unspecified atom stereocenters. The van der Waals surface area contributed by atoms with Gasteiger partial charge in [0, 0.05) is 41.6 Å². The molecule has 0 saturated carbocycles. The number of hydrogen-bond donors (Lipinski definition) is 0. The van der Waals surface area contributed by atoms with Gasteiger partial charge in [-0.2, -0.15) is 0 Å². The largest absolute Gasteiger partial charge is 0.497 e. The number of benzene rings is 4. The third kappa shape index (κ3) is 3.40. The molecule has 0 fully saturated rings. The Labute approximate surface area is 222 Å². The molecule has 1 spiro atoms. The van der Waals surface area contributed by atoms with Crippen LogP contribution >= 0.6 is 0 Å². The zero-order chi connectivity index (χ0) is 25.7. The molecule has 0 N–H and O–H groups in total. The molecule has 192 valence electrons. The second kappa shape index (κ2) is 8.91. The minimum Gasteiger partial charge on any atom is -0.497 e. The third-order valence-corrected chi connectivity index (χ3v) is 7.92. The lowest BCUT2D eigenvalue weighted by Gasteiger charge is -2.33. The van der Waals surface area contributed by atoms with E-state index in [0.29, 0.717) is 26.4 Å². The lowest BCUT2D eigenvalue weighted by atomic mass is 9.77. The Bertz CT molecular complexity index is 1450. The molecule has 3 aliphatic rings. The van der Waals surface area contributed by atoms with E-state index < -0.39 is 5.41 Å². The molecule has 38 heavy (non-hydrogen) atoms. The van der Waals surface area contributed by atoms with E-state index in [2.05, 4.69) is 77.7 Å². The molecular weight excluding hydrogens is 478 g/mol. The minimum absolute atomic E-state index is 0.0198. The van der Waals surface area contributed by atoms with Crippen molar-refractivity contribution in [3.8, 4) is 28.7 Å². The standard InChI is InChI=1S/C32H29NO5/c1-34-23-15-25-30(29(16-23)35-2)32(20-38-26-18-28-27(17-24(26)32)36-13-14-37-28)19-33(25)31(21-9-5-3-6-10-21)22-11-7-4-8-12-22/h3-12,15-18,31H,13-14,19-20H2,1-2H3. The molecule has 7 rings (SSSR count). The number of ether oxygens (including phenoxy) is 5. The molecule has 3 aliphatic heterocycles. The van der Waals surface area contributed by atoms with Crippen LogP contribution < -0.4 is 28.6 Å². The van der Waals surface area contributed by atoms with E-state index in [1.165, 1.54) is 11.1 Å². The van der Waals surface area contributed by atoms with Crippen LogP contribution in [0.3, 0.4) is 0 Å². The Morgan fingerprint density at radius 1 is 0.737 bits per heavy atom. The van der Waals surface area contributed by atoms with Gasteiger partial charge in [-0.05, 0) is 17.2 Å². The van der Waals surface area contributed by atoms with Crippen molar-refractivity contribution in [2.75, 3.05) is 45.5 Å². The summed E-state index contributed by atoms with van der Waals surface area (Å²) in [6.45, 7) is 2.27. The van der Waals surface area contributed by atoms with Gasteiger partial charge in [0.1, 0.15) is 37.1 Å². The highest BCUT2D eigenvalue weighted by atomic mass is 16.6. The molecule has 0 bridgehead atoms. The Morgan fingerprint density at radius 2 is 1.39 bits per heavy atom. The molecule has 6 nitrogen and oxygen atoms in total. The fourth-order valence-electron chi connectivity index (χ4n) is 6.25. The van der Waals surface area contributed by atoms with Gasteiger partial charge in [-0.1, -0.05) is 60.7 Å². The quantitative estimate of drug-likeness (QED) is 0.342. The van der Waals surface area contributed by atoms with Gasteiger partial charge in [-0.15, -0.1) is 0 Å². The summed E-state index contributed by atoms with van der Waals surface area (Å²) in [6.07, 6.45) is 0. The Kier molecular flexibility index (Phi) is 5.36. The first-order valence-electron chi connectivity index (χ1n) is 12.9. The van der Waals surface area contributed by atoms with Gasteiger partial charge >= 0.3 is 0 Å². The number of rotatable bonds is 5. The molecular formula is C32H29NO5. The number of methoxy groups -OCH3 is 2. The first-order valence-corrected chi connectivity index (χ1v) is 12.9. The summed E-state index contributed by atoms with van der Waals surface area (Å²) in [6, 6.07) is 29.5. The lowest BCUT2D eigenvalue weighted by molar-refractivity contribution is 0.171. The number of hydrogen-bond acceptors (Lipinski definition) is 6. The van der Waals surface area contributed by atoms with Crippen LogP contribution in [-0.2, 0) is 5.41 Å². The van der Waals surface area contributed by atoms with E-state index in [4.69, 9.17) is 23.7 Å². The molecule has 6 heteroatoms. The van der Waals surface area contributed by atoms with Crippen LogP contribution in [-0.4, -0.2) is 40.6 Å². The zero-order valence-corrected chi connectivity index (χ0v) is 21.5. The molecule has 0 radical (unpaired) electrons. The average Bonchev–Trinajstić information content (AvgIpc) is 3.50. The maximum absolute atomic E-state index is 6.41. The fraction of sp³-hybridized carbons (Fsp3) is 0.250. The molecule has 0 aromatic heterocycles. The van der Waals surface area contributed by atoms with Crippen LogP contribution in [0.2, 0.25) is 0 Å². The van der Waals surface area contributed by atoms with Gasteiger partial charge in [-0.25, -0.2) is 0 Å². The molecule has 4 aromatic rings. The van der Waals surface area contributed by atoms with Gasteiger partial charge in [-0.3, -0.25) is 0 Å². The van der Waals surface area contributed by atoms with Crippen molar-refractivity contribution in [1.29, 1.82) is 0 Å². The van der Waals surface area contributed by atoms with Gasteiger partial charge in [0.05, 0.1) is 25.7 Å². The second-order valence-corrected chi connectivity index (χ2v) is 9.94. The summed E-state index contributed by atoms with van der Waals surface area (Å²) in [7, 11) is 3.41. The van der Waals surface area contributed by atoms with E-state index in [9.17, 15) is 0 Å². The van der Waals surface area contributed by atoms with Crippen molar-refractivity contribution in [2.45, 2.75) is 11.5 Å². The monoisotopic (exact) mass is 507 g/mol. The topological polar surface area (TPSA) is 49.4 Å². The molecule has 4 aromatic carbocycles. The normalized spacial score (nSPS) is 18.8. The van der Waals surface area contributed by atoms with E-state index in [1.807, 2.05) is 12.1 Å². The average molecular weight is 508 g/mol. The summed E-state index contributed by atoms with van der Waals surface area (Å²) >= 11 is 0. The van der Waals surface area contributed by atoms with Crippen LogP contribution in [0, 0.1) is 0 Å².